The number of aryl methyl sites for hydroxylation is 1. The number of amides is 1. The number of hydrogen-bond donors (Lipinski definition) is 0. The summed E-state index contributed by atoms with van der Waals surface area (Å²) in [6.45, 7) is 5.42. The van der Waals surface area contributed by atoms with Gasteiger partial charge in [0.25, 0.3) is 5.91 Å². The van der Waals surface area contributed by atoms with Crippen LogP contribution in [-0.4, -0.2) is 51.9 Å². The van der Waals surface area contributed by atoms with E-state index in [1.807, 2.05) is 17.9 Å². The molecule has 25 heavy (non-hydrogen) atoms. The number of aromatic nitrogens is 3. The molecule has 0 saturated carbocycles. The second kappa shape index (κ2) is 6.82. The molecule has 0 aliphatic carbocycles. The molecule has 4 rings (SSSR count). The number of nitrogens with zero attached hydrogens (tertiary/aromatic N) is 5. The molecule has 7 nitrogen and oxygen atoms in total. The maximum atomic E-state index is 12.6. The van der Waals surface area contributed by atoms with E-state index in [4.69, 9.17) is 4.42 Å². The van der Waals surface area contributed by atoms with Crippen LogP contribution in [0.2, 0.25) is 0 Å². The fraction of sp³-hybridized carbons (Fsp3) is 0.556. The fourth-order valence-corrected chi connectivity index (χ4v) is 4.03. The van der Waals surface area contributed by atoms with Crippen LogP contribution < -0.4 is 4.90 Å². The smallest absolute Gasteiger partial charge is 0.291 e. The van der Waals surface area contributed by atoms with Gasteiger partial charge in [-0.1, -0.05) is 0 Å². The largest absolute Gasteiger partial charge is 0.438 e. The van der Waals surface area contributed by atoms with E-state index >= 15 is 0 Å². The average molecular weight is 341 g/mol. The number of oxazole rings is 1. The van der Waals surface area contributed by atoms with Gasteiger partial charge in [-0.25, -0.2) is 15.0 Å². The van der Waals surface area contributed by atoms with E-state index in [9.17, 15) is 4.79 Å². The van der Waals surface area contributed by atoms with Gasteiger partial charge in [0.1, 0.15) is 0 Å². The van der Waals surface area contributed by atoms with Gasteiger partial charge in [-0.05, 0) is 44.1 Å². The average Bonchev–Trinajstić information content (AvgIpc) is 3.31. The highest BCUT2D eigenvalue weighted by atomic mass is 16.3. The molecule has 0 radical (unpaired) electrons. The van der Waals surface area contributed by atoms with Crippen molar-refractivity contribution in [2.75, 3.05) is 31.1 Å². The van der Waals surface area contributed by atoms with Crippen LogP contribution in [0.4, 0.5) is 5.95 Å². The van der Waals surface area contributed by atoms with Crippen molar-refractivity contribution in [2.45, 2.75) is 26.2 Å². The normalized spacial score (nSPS) is 21.7. The molecule has 0 bridgehead atoms. The first-order valence-corrected chi connectivity index (χ1v) is 8.93. The zero-order valence-electron chi connectivity index (χ0n) is 14.5. The van der Waals surface area contributed by atoms with E-state index in [0.29, 0.717) is 23.3 Å². The monoisotopic (exact) mass is 341 g/mol. The number of hydrogen-bond acceptors (Lipinski definition) is 6. The molecule has 7 heteroatoms. The molecule has 1 amide bonds. The third-order valence-electron chi connectivity index (χ3n) is 5.49. The van der Waals surface area contributed by atoms with Crippen molar-refractivity contribution in [3.05, 3.63) is 36.3 Å². The molecule has 0 spiro atoms. The SMILES string of the molecule is Cc1ncoc1C(=O)N1CC[C@@H](C2CCN(c3ncccn3)CC2)C1. The Balaban J connectivity index is 1.33. The zero-order valence-corrected chi connectivity index (χ0v) is 14.5. The van der Waals surface area contributed by atoms with Crippen LogP contribution in [0, 0.1) is 18.8 Å². The van der Waals surface area contributed by atoms with E-state index in [2.05, 4.69) is 19.9 Å². The Morgan fingerprint density at radius 3 is 2.48 bits per heavy atom. The Morgan fingerprint density at radius 1 is 1.08 bits per heavy atom. The molecule has 2 aliphatic rings. The lowest BCUT2D eigenvalue weighted by Crippen LogP contribution is -2.38. The summed E-state index contributed by atoms with van der Waals surface area (Å²) in [7, 11) is 0. The standard InChI is InChI=1S/C18H23N5O2/c1-13-16(25-12-21-13)17(24)23-10-5-15(11-23)14-3-8-22(9-4-14)18-19-6-2-7-20-18/h2,6-7,12,14-15H,3-5,8-11H2,1H3/t15-/m1/s1. The predicted octanol–water partition coefficient (Wildman–Crippen LogP) is 2.15. The lowest BCUT2D eigenvalue weighted by molar-refractivity contribution is 0.0748. The summed E-state index contributed by atoms with van der Waals surface area (Å²) in [6, 6.07) is 1.84. The summed E-state index contributed by atoms with van der Waals surface area (Å²) in [5.74, 6) is 2.42. The molecule has 2 fully saturated rings. The maximum Gasteiger partial charge on any atom is 0.291 e. The Labute approximate surface area is 147 Å². The van der Waals surface area contributed by atoms with Crippen LogP contribution in [-0.2, 0) is 0 Å². The van der Waals surface area contributed by atoms with E-state index in [1.165, 1.54) is 6.39 Å². The van der Waals surface area contributed by atoms with E-state index < -0.39 is 0 Å². The van der Waals surface area contributed by atoms with Crippen molar-refractivity contribution in [1.29, 1.82) is 0 Å². The molecule has 2 aliphatic heterocycles. The van der Waals surface area contributed by atoms with Crippen molar-refractivity contribution >= 4 is 11.9 Å². The maximum absolute atomic E-state index is 12.6. The Kier molecular flexibility index (Phi) is 4.38. The summed E-state index contributed by atoms with van der Waals surface area (Å²) in [5, 5.41) is 0. The number of piperidine rings is 1. The van der Waals surface area contributed by atoms with Gasteiger partial charge in [0, 0.05) is 38.6 Å². The van der Waals surface area contributed by atoms with Crippen molar-refractivity contribution in [2.24, 2.45) is 11.8 Å². The summed E-state index contributed by atoms with van der Waals surface area (Å²) in [5.41, 5.74) is 0.671. The first-order valence-electron chi connectivity index (χ1n) is 8.93. The van der Waals surface area contributed by atoms with Gasteiger partial charge in [-0.3, -0.25) is 4.79 Å². The van der Waals surface area contributed by atoms with Crippen LogP contribution in [0.15, 0.2) is 29.3 Å². The van der Waals surface area contributed by atoms with E-state index in [-0.39, 0.29) is 5.91 Å². The van der Waals surface area contributed by atoms with Crippen LogP contribution >= 0.6 is 0 Å². The minimum Gasteiger partial charge on any atom is -0.438 e. The first kappa shape index (κ1) is 16.1. The molecule has 1 atom stereocenters. The van der Waals surface area contributed by atoms with Crippen LogP contribution in [0.1, 0.15) is 35.5 Å². The topological polar surface area (TPSA) is 75.4 Å². The van der Waals surface area contributed by atoms with Gasteiger partial charge in [-0.2, -0.15) is 0 Å². The third kappa shape index (κ3) is 3.23. The van der Waals surface area contributed by atoms with Crippen molar-refractivity contribution in [1.82, 2.24) is 19.9 Å². The number of likely N-dealkylation sites (tertiary alicyclic amines) is 1. The van der Waals surface area contributed by atoms with Crippen LogP contribution in [0.5, 0.6) is 0 Å². The Morgan fingerprint density at radius 2 is 1.80 bits per heavy atom. The zero-order chi connectivity index (χ0) is 17.2. The highest BCUT2D eigenvalue weighted by Crippen LogP contribution is 2.33. The van der Waals surface area contributed by atoms with Crippen LogP contribution in [0.3, 0.4) is 0 Å². The number of carbonyl (C=O) groups is 1. The quantitative estimate of drug-likeness (QED) is 0.851. The molecule has 0 N–H and O–H groups in total. The first-order chi connectivity index (χ1) is 12.2. The molecule has 0 unspecified atom stereocenters. The van der Waals surface area contributed by atoms with Gasteiger partial charge in [-0.15, -0.1) is 0 Å². The predicted molar refractivity (Wildman–Crippen MR) is 92.2 cm³/mol. The molecule has 0 aromatic carbocycles. The molecule has 4 heterocycles. The summed E-state index contributed by atoms with van der Waals surface area (Å²) in [4.78, 5) is 29.4. The van der Waals surface area contributed by atoms with Gasteiger partial charge in [0.05, 0.1) is 5.69 Å². The van der Waals surface area contributed by atoms with E-state index in [0.717, 1.165) is 51.4 Å². The molecule has 2 aromatic rings. The van der Waals surface area contributed by atoms with E-state index in [1.54, 1.807) is 12.4 Å². The minimum atomic E-state index is -0.0207. The Bertz CT molecular complexity index is 724. The number of rotatable bonds is 3. The summed E-state index contributed by atoms with van der Waals surface area (Å²) < 4.78 is 5.26. The Hall–Kier alpha value is -2.44. The fourth-order valence-electron chi connectivity index (χ4n) is 4.03. The lowest BCUT2D eigenvalue weighted by atomic mass is 9.84. The minimum absolute atomic E-state index is 0.0207. The summed E-state index contributed by atoms with van der Waals surface area (Å²) in [6.07, 6.45) is 8.27. The van der Waals surface area contributed by atoms with Crippen molar-refractivity contribution < 1.29 is 9.21 Å². The number of anilines is 1. The molecule has 132 valence electrons. The molecular formula is C18H23N5O2. The van der Waals surface area contributed by atoms with Gasteiger partial charge >= 0.3 is 0 Å². The second-order valence-electron chi connectivity index (χ2n) is 6.94. The van der Waals surface area contributed by atoms with Crippen molar-refractivity contribution in [3.63, 3.8) is 0 Å². The van der Waals surface area contributed by atoms with Crippen LogP contribution in [0.25, 0.3) is 0 Å². The molecule has 2 saturated heterocycles. The third-order valence-corrected chi connectivity index (χ3v) is 5.49. The summed E-state index contributed by atoms with van der Waals surface area (Å²) >= 11 is 0. The van der Waals surface area contributed by atoms with Gasteiger partial charge in [0.15, 0.2) is 6.39 Å². The molecule has 2 aromatic heterocycles. The van der Waals surface area contributed by atoms with Crippen molar-refractivity contribution in [3.8, 4) is 0 Å². The van der Waals surface area contributed by atoms with Gasteiger partial charge in [0.2, 0.25) is 11.7 Å². The molecular weight excluding hydrogens is 318 g/mol. The van der Waals surface area contributed by atoms with Gasteiger partial charge < -0.3 is 14.2 Å². The highest BCUT2D eigenvalue weighted by molar-refractivity contribution is 5.92. The number of carbonyl (C=O) groups excluding carboxylic acids is 1. The second-order valence-corrected chi connectivity index (χ2v) is 6.94. The highest BCUT2D eigenvalue weighted by Gasteiger charge is 2.35. The lowest BCUT2D eigenvalue weighted by Gasteiger charge is -2.34.